The zero-order valence-corrected chi connectivity index (χ0v) is 11.5. The van der Waals surface area contributed by atoms with Crippen LogP contribution in [0.25, 0.3) is 0 Å². The van der Waals surface area contributed by atoms with Crippen molar-refractivity contribution in [2.45, 2.75) is 45.6 Å². The van der Waals surface area contributed by atoms with Crippen molar-refractivity contribution in [1.82, 2.24) is 10.2 Å². The van der Waals surface area contributed by atoms with Crippen LogP contribution in [0.4, 0.5) is 0 Å². The molecule has 2 fully saturated rings. The summed E-state index contributed by atoms with van der Waals surface area (Å²) >= 11 is 0. The summed E-state index contributed by atoms with van der Waals surface area (Å²) in [6.07, 6.45) is 5.66. The summed E-state index contributed by atoms with van der Waals surface area (Å²) < 4.78 is 5.53. The molecule has 1 saturated carbocycles. The lowest BCUT2D eigenvalue weighted by atomic mass is 9.85. The van der Waals surface area contributed by atoms with Crippen LogP contribution in [0.15, 0.2) is 0 Å². The van der Waals surface area contributed by atoms with Gasteiger partial charge in [0.05, 0.1) is 13.2 Å². The van der Waals surface area contributed by atoms with Crippen LogP contribution in [0.1, 0.15) is 39.5 Å². The van der Waals surface area contributed by atoms with Crippen LogP contribution in [0.2, 0.25) is 0 Å². The van der Waals surface area contributed by atoms with Crippen LogP contribution in [-0.2, 0) is 4.74 Å². The second-order valence-corrected chi connectivity index (χ2v) is 5.88. The summed E-state index contributed by atoms with van der Waals surface area (Å²) in [5.74, 6) is 0. The lowest BCUT2D eigenvalue weighted by Gasteiger charge is -2.40. The van der Waals surface area contributed by atoms with Gasteiger partial charge in [-0.2, -0.15) is 0 Å². The van der Waals surface area contributed by atoms with Crippen LogP contribution in [-0.4, -0.2) is 50.3 Å². The second kappa shape index (κ2) is 6.17. The molecule has 0 aromatic rings. The van der Waals surface area contributed by atoms with Gasteiger partial charge >= 0.3 is 0 Å². The molecular weight excluding hydrogens is 212 g/mol. The molecule has 100 valence electrons. The second-order valence-electron chi connectivity index (χ2n) is 5.88. The highest BCUT2D eigenvalue weighted by molar-refractivity contribution is 4.91. The van der Waals surface area contributed by atoms with E-state index in [4.69, 9.17) is 4.74 Å². The first-order valence-corrected chi connectivity index (χ1v) is 7.28. The predicted octanol–water partition coefficient (Wildman–Crippen LogP) is 1.88. The average Bonchev–Trinajstić information content (AvgIpc) is 2.79. The number of ether oxygens (including phenoxy) is 1. The Morgan fingerprint density at radius 1 is 1.35 bits per heavy atom. The van der Waals surface area contributed by atoms with Crippen LogP contribution in [0.5, 0.6) is 0 Å². The van der Waals surface area contributed by atoms with Crippen molar-refractivity contribution < 1.29 is 4.74 Å². The molecule has 1 N–H and O–H groups in total. The Morgan fingerprint density at radius 3 is 2.76 bits per heavy atom. The Bertz CT molecular complexity index is 226. The van der Waals surface area contributed by atoms with Crippen LogP contribution >= 0.6 is 0 Å². The topological polar surface area (TPSA) is 24.5 Å². The molecule has 1 heterocycles. The van der Waals surface area contributed by atoms with E-state index in [-0.39, 0.29) is 0 Å². The Labute approximate surface area is 106 Å². The summed E-state index contributed by atoms with van der Waals surface area (Å²) in [4.78, 5) is 2.64. The van der Waals surface area contributed by atoms with E-state index in [9.17, 15) is 0 Å². The van der Waals surface area contributed by atoms with Gasteiger partial charge in [0.1, 0.15) is 0 Å². The normalized spacial score (nSPS) is 29.6. The van der Waals surface area contributed by atoms with Crippen molar-refractivity contribution in [1.29, 1.82) is 0 Å². The maximum absolute atomic E-state index is 5.53. The molecule has 1 aliphatic heterocycles. The highest BCUT2D eigenvalue weighted by Gasteiger charge is 2.36. The van der Waals surface area contributed by atoms with Crippen molar-refractivity contribution in [2.24, 2.45) is 5.41 Å². The molecule has 2 rings (SSSR count). The minimum Gasteiger partial charge on any atom is -0.379 e. The fourth-order valence-corrected chi connectivity index (χ4v) is 3.33. The summed E-state index contributed by atoms with van der Waals surface area (Å²) in [6, 6.07) is 0.600. The molecule has 1 atom stereocenters. The molecular formula is C14H28N2O. The monoisotopic (exact) mass is 240 g/mol. The Kier molecular flexibility index (Phi) is 4.83. The zero-order valence-electron chi connectivity index (χ0n) is 11.5. The Morgan fingerprint density at radius 2 is 2.12 bits per heavy atom. The number of hydrogen-bond acceptors (Lipinski definition) is 3. The van der Waals surface area contributed by atoms with E-state index in [0.717, 1.165) is 26.3 Å². The molecule has 3 nitrogen and oxygen atoms in total. The first-order chi connectivity index (χ1) is 8.26. The molecule has 1 unspecified atom stereocenters. The molecule has 0 bridgehead atoms. The SMILES string of the molecule is CCNCC1(CN2CCOCC2C)CCCC1. The Hall–Kier alpha value is -0.120. The molecule has 0 spiro atoms. The van der Waals surface area contributed by atoms with Crippen molar-refractivity contribution >= 4 is 0 Å². The third-order valence-corrected chi connectivity index (χ3v) is 4.46. The van der Waals surface area contributed by atoms with E-state index in [2.05, 4.69) is 24.1 Å². The number of nitrogens with one attached hydrogen (secondary N) is 1. The van der Waals surface area contributed by atoms with E-state index in [1.165, 1.54) is 38.8 Å². The van der Waals surface area contributed by atoms with Crippen LogP contribution in [0.3, 0.4) is 0 Å². The minimum atomic E-state index is 0.543. The maximum Gasteiger partial charge on any atom is 0.0619 e. The smallest absolute Gasteiger partial charge is 0.0619 e. The van der Waals surface area contributed by atoms with Gasteiger partial charge in [-0.1, -0.05) is 19.8 Å². The van der Waals surface area contributed by atoms with E-state index >= 15 is 0 Å². The van der Waals surface area contributed by atoms with E-state index in [0.29, 0.717) is 11.5 Å². The number of morpholine rings is 1. The van der Waals surface area contributed by atoms with Crippen LogP contribution in [0, 0.1) is 5.41 Å². The average molecular weight is 240 g/mol. The summed E-state index contributed by atoms with van der Waals surface area (Å²) in [7, 11) is 0. The molecule has 0 aromatic heterocycles. The van der Waals surface area contributed by atoms with Gasteiger partial charge in [0.15, 0.2) is 0 Å². The summed E-state index contributed by atoms with van der Waals surface area (Å²) in [5, 5.41) is 3.58. The highest BCUT2D eigenvalue weighted by Crippen LogP contribution is 2.38. The molecule has 1 aliphatic carbocycles. The Balaban J connectivity index is 1.91. The molecule has 0 radical (unpaired) electrons. The van der Waals surface area contributed by atoms with Gasteiger partial charge < -0.3 is 10.1 Å². The zero-order chi connectivity index (χ0) is 12.1. The van der Waals surface area contributed by atoms with Gasteiger partial charge in [-0.25, -0.2) is 0 Å². The minimum absolute atomic E-state index is 0.543. The molecule has 0 amide bonds. The van der Waals surface area contributed by atoms with E-state index in [1.54, 1.807) is 0 Å². The largest absolute Gasteiger partial charge is 0.379 e. The van der Waals surface area contributed by atoms with Gasteiger partial charge in [0.25, 0.3) is 0 Å². The number of nitrogens with zero attached hydrogens (tertiary/aromatic N) is 1. The predicted molar refractivity (Wildman–Crippen MR) is 71.3 cm³/mol. The quantitative estimate of drug-likeness (QED) is 0.794. The van der Waals surface area contributed by atoms with Gasteiger partial charge in [-0.05, 0) is 31.7 Å². The lowest BCUT2D eigenvalue weighted by molar-refractivity contribution is -0.0197. The maximum atomic E-state index is 5.53. The van der Waals surface area contributed by atoms with Crippen LogP contribution < -0.4 is 5.32 Å². The van der Waals surface area contributed by atoms with Gasteiger partial charge in [0, 0.05) is 25.7 Å². The third kappa shape index (κ3) is 3.43. The molecule has 2 aliphatic rings. The van der Waals surface area contributed by atoms with Gasteiger partial charge in [0.2, 0.25) is 0 Å². The van der Waals surface area contributed by atoms with Crippen molar-refractivity contribution in [2.75, 3.05) is 39.4 Å². The standard InChI is InChI=1S/C14H28N2O/c1-3-15-11-14(6-4-5-7-14)12-16-8-9-17-10-13(16)2/h13,15H,3-12H2,1-2H3. The first-order valence-electron chi connectivity index (χ1n) is 7.28. The molecule has 1 saturated heterocycles. The number of hydrogen-bond donors (Lipinski definition) is 1. The van der Waals surface area contributed by atoms with E-state index in [1.807, 2.05) is 0 Å². The fourth-order valence-electron chi connectivity index (χ4n) is 3.33. The van der Waals surface area contributed by atoms with Gasteiger partial charge in [-0.15, -0.1) is 0 Å². The lowest BCUT2D eigenvalue weighted by Crippen LogP contribution is -2.50. The number of rotatable bonds is 5. The third-order valence-electron chi connectivity index (χ3n) is 4.46. The van der Waals surface area contributed by atoms with Crippen molar-refractivity contribution in [3.8, 4) is 0 Å². The van der Waals surface area contributed by atoms with E-state index < -0.39 is 0 Å². The van der Waals surface area contributed by atoms with Gasteiger partial charge in [-0.3, -0.25) is 4.90 Å². The summed E-state index contributed by atoms with van der Waals surface area (Å²) in [5.41, 5.74) is 0.543. The first kappa shape index (κ1) is 13.3. The van der Waals surface area contributed by atoms with Crippen molar-refractivity contribution in [3.63, 3.8) is 0 Å². The van der Waals surface area contributed by atoms with Crippen molar-refractivity contribution in [3.05, 3.63) is 0 Å². The summed E-state index contributed by atoms with van der Waals surface area (Å²) in [6.45, 7) is 11.0. The molecule has 17 heavy (non-hydrogen) atoms. The molecule has 3 heteroatoms. The highest BCUT2D eigenvalue weighted by atomic mass is 16.5. The molecule has 0 aromatic carbocycles. The fraction of sp³-hybridized carbons (Fsp3) is 1.00.